The summed E-state index contributed by atoms with van der Waals surface area (Å²) in [6, 6.07) is -0.717. The smallest absolute Gasteiger partial charge is 0.306 e. The molecule has 0 radical (unpaired) electrons. The first-order valence-electron chi connectivity index (χ1n) is 26.4. The number of hydrogen-bond acceptors (Lipinski definition) is 5. The van der Waals surface area contributed by atoms with E-state index in [4.69, 9.17) is 4.74 Å². The Labute approximate surface area is 378 Å². The van der Waals surface area contributed by atoms with Gasteiger partial charge in [0.15, 0.2) is 0 Å². The summed E-state index contributed by atoms with van der Waals surface area (Å²) >= 11 is 0. The molecule has 0 bridgehead atoms. The van der Waals surface area contributed by atoms with Crippen LogP contribution < -0.4 is 5.32 Å². The van der Waals surface area contributed by atoms with E-state index in [0.717, 1.165) is 70.6 Å². The van der Waals surface area contributed by atoms with E-state index in [9.17, 15) is 19.8 Å². The Bertz CT molecular complexity index is 1050. The summed E-state index contributed by atoms with van der Waals surface area (Å²) < 4.78 is 5.91. The summed E-state index contributed by atoms with van der Waals surface area (Å²) in [5.74, 6) is -0.520. The fourth-order valence-corrected chi connectivity index (χ4v) is 7.89. The van der Waals surface area contributed by atoms with Crippen molar-refractivity contribution in [2.45, 2.75) is 283 Å². The second kappa shape index (κ2) is 48.8. The van der Waals surface area contributed by atoms with E-state index in [2.05, 4.69) is 74.7 Å². The number of ether oxygens (including phenoxy) is 1. The molecule has 6 heteroatoms. The molecule has 3 N–H and O–H groups in total. The molecular formula is C55H101NO5. The van der Waals surface area contributed by atoms with Crippen molar-refractivity contribution in [3.8, 4) is 0 Å². The number of aliphatic hydroxyl groups is 2. The highest BCUT2D eigenvalue weighted by Gasteiger charge is 2.24. The van der Waals surface area contributed by atoms with Gasteiger partial charge in [-0.25, -0.2) is 0 Å². The van der Waals surface area contributed by atoms with Gasteiger partial charge in [0.2, 0.25) is 5.91 Å². The van der Waals surface area contributed by atoms with Crippen LogP contribution in [-0.2, 0) is 14.3 Å². The molecule has 0 aliphatic rings. The summed E-state index contributed by atoms with van der Waals surface area (Å²) in [6.07, 6.45) is 58.9. The molecule has 0 fully saturated rings. The highest BCUT2D eigenvalue weighted by Crippen LogP contribution is 2.17. The van der Waals surface area contributed by atoms with Gasteiger partial charge in [0.1, 0.15) is 6.10 Å². The second-order valence-corrected chi connectivity index (χ2v) is 17.9. The summed E-state index contributed by atoms with van der Waals surface area (Å²) in [6.45, 7) is 6.44. The molecule has 0 aromatic carbocycles. The van der Waals surface area contributed by atoms with E-state index >= 15 is 0 Å². The number of hydrogen-bond donors (Lipinski definition) is 3. The molecule has 0 saturated heterocycles. The zero-order valence-electron chi connectivity index (χ0n) is 40.5. The molecule has 0 aromatic heterocycles. The highest BCUT2D eigenvalue weighted by atomic mass is 16.5. The predicted molar refractivity (Wildman–Crippen MR) is 264 cm³/mol. The molecule has 0 saturated carbocycles. The first-order chi connectivity index (χ1) is 30.0. The molecule has 3 atom stereocenters. The number of nitrogens with one attached hydrogen (secondary N) is 1. The van der Waals surface area contributed by atoms with E-state index < -0.39 is 18.2 Å². The number of amides is 1. The largest absolute Gasteiger partial charge is 0.462 e. The van der Waals surface area contributed by atoms with Crippen LogP contribution in [0, 0.1) is 0 Å². The van der Waals surface area contributed by atoms with Crippen molar-refractivity contribution < 1.29 is 24.5 Å². The third-order valence-corrected chi connectivity index (χ3v) is 11.9. The van der Waals surface area contributed by atoms with Crippen molar-refractivity contribution in [3.05, 3.63) is 48.6 Å². The van der Waals surface area contributed by atoms with Crippen LogP contribution in [0.4, 0.5) is 0 Å². The van der Waals surface area contributed by atoms with Crippen LogP contribution in [0.3, 0.4) is 0 Å². The average molecular weight is 856 g/mol. The lowest BCUT2D eigenvalue weighted by Gasteiger charge is -2.24. The maximum Gasteiger partial charge on any atom is 0.306 e. The molecule has 0 spiro atoms. The number of unbranched alkanes of at least 4 members (excludes halogenated alkanes) is 27. The van der Waals surface area contributed by atoms with E-state index in [0.29, 0.717) is 19.3 Å². The molecule has 0 aliphatic carbocycles. The van der Waals surface area contributed by atoms with Gasteiger partial charge in [-0.3, -0.25) is 9.59 Å². The van der Waals surface area contributed by atoms with Crippen molar-refractivity contribution in [3.63, 3.8) is 0 Å². The van der Waals surface area contributed by atoms with Gasteiger partial charge in [0.25, 0.3) is 0 Å². The molecule has 6 nitrogen and oxygen atoms in total. The Morgan fingerprint density at radius 1 is 0.475 bits per heavy atom. The Morgan fingerprint density at radius 2 is 0.852 bits per heavy atom. The quantitative estimate of drug-likeness (QED) is 0.0322. The van der Waals surface area contributed by atoms with Crippen molar-refractivity contribution in [2.75, 3.05) is 6.61 Å². The van der Waals surface area contributed by atoms with E-state index in [1.54, 1.807) is 0 Å². The number of carbonyl (C=O) groups excluding carboxylic acids is 2. The average Bonchev–Trinajstić information content (AvgIpc) is 3.25. The Balaban J connectivity index is 4.68. The van der Waals surface area contributed by atoms with Gasteiger partial charge in [0, 0.05) is 6.42 Å². The van der Waals surface area contributed by atoms with Gasteiger partial charge in [-0.1, -0.05) is 236 Å². The fraction of sp³-hybridized carbons (Fsp3) is 0.818. The molecule has 0 aromatic rings. The minimum absolute atomic E-state index is 0.0424. The standard InChI is InChI=1S/C55H101NO5/c1-4-7-10-13-16-19-22-24-26-27-28-29-32-34-37-40-43-46-51(61-55(60)48-45-42-39-36-33-30-25-23-20-17-14-11-8-5-2)49-54(59)56-52(50-57)53(58)47-44-41-38-35-31-21-18-15-12-9-6-3/h16,19,24,26,28-29,34,37,51-53,57-58H,4-15,17-18,20-23,25,27,30-33,35-36,38-50H2,1-3H3,(H,56,59)/b19-16-,26-24-,29-28-,37-34-. The lowest BCUT2D eigenvalue weighted by Crippen LogP contribution is -2.46. The van der Waals surface area contributed by atoms with Gasteiger partial charge < -0.3 is 20.3 Å². The number of carbonyl (C=O) groups is 2. The monoisotopic (exact) mass is 856 g/mol. The van der Waals surface area contributed by atoms with Crippen LogP contribution in [0.15, 0.2) is 48.6 Å². The van der Waals surface area contributed by atoms with Crippen molar-refractivity contribution in [2.24, 2.45) is 0 Å². The molecule has 0 aliphatic heterocycles. The zero-order chi connectivity index (χ0) is 44.5. The van der Waals surface area contributed by atoms with Crippen molar-refractivity contribution >= 4 is 11.9 Å². The summed E-state index contributed by atoms with van der Waals surface area (Å²) in [5.41, 5.74) is 0. The Hall–Kier alpha value is -2.18. The third-order valence-electron chi connectivity index (χ3n) is 11.9. The van der Waals surface area contributed by atoms with E-state index in [-0.39, 0.29) is 24.9 Å². The number of esters is 1. The SMILES string of the molecule is CCCCC/C=C\C/C=C\C/C=C\C/C=C\CCCC(CC(=O)NC(CO)C(O)CCCCCCCCCCCCC)OC(=O)CCCCCCCCCCCCCCCC. The van der Waals surface area contributed by atoms with Crippen LogP contribution in [0.1, 0.15) is 265 Å². The normalized spacial score (nSPS) is 13.6. The summed E-state index contributed by atoms with van der Waals surface area (Å²) in [4.78, 5) is 26.1. The molecule has 3 unspecified atom stereocenters. The minimum Gasteiger partial charge on any atom is -0.462 e. The Morgan fingerprint density at radius 3 is 1.30 bits per heavy atom. The van der Waals surface area contributed by atoms with Gasteiger partial charge in [-0.2, -0.15) is 0 Å². The maximum absolute atomic E-state index is 13.2. The molecule has 1 amide bonds. The molecule has 61 heavy (non-hydrogen) atoms. The first kappa shape index (κ1) is 58.8. The minimum atomic E-state index is -0.800. The summed E-state index contributed by atoms with van der Waals surface area (Å²) in [5, 5.41) is 23.7. The van der Waals surface area contributed by atoms with Gasteiger partial charge in [-0.15, -0.1) is 0 Å². The van der Waals surface area contributed by atoms with Crippen LogP contribution >= 0.6 is 0 Å². The fourth-order valence-electron chi connectivity index (χ4n) is 7.89. The van der Waals surface area contributed by atoms with Crippen LogP contribution in [0.25, 0.3) is 0 Å². The van der Waals surface area contributed by atoms with Crippen molar-refractivity contribution in [1.29, 1.82) is 0 Å². The number of rotatable bonds is 47. The maximum atomic E-state index is 13.2. The van der Waals surface area contributed by atoms with Crippen LogP contribution in [-0.4, -0.2) is 46.9 Å². The van der Waals surface area contributed by atoms with Gasteiger partial charge in [-0.05, 0) is 64.2 Å². The number of allylic oxidation sites excluding steroid dienone is 8. The second-order valence-electron chi connectivity index (χ2n) is 17.9. The van der Waals surface area contributed by atoms with E-state index in [1.807, 2.05) is 0 Å². The third kappa shape index (κ3) is 44.2. The predicted octanol–water partition coefficient (Wildman–Crippen LogP) is 15.8. The first-order valence-corrected chi connectivity index (χ1v) is 26.4. The van der Waals surface area contributed by atoms with Crippen molar-refractivity contribution in [1.82, 2.24) is 5.32 Å². The van der Waals surface area contributed by atoms with Gasteiger partial charge >= 0.3 is 5.97 Å². The highest BCUT2D eigenvalue weighted by molar-refractivity contribution is 5.77. The van der Waals surface area contributed by atoms with Crippen LogP contribution in [0.2, 0.25) is 0 Å². The van der Waals surface area contributed by atoms with Gasteiger partial charge in [0.05, 0.1) is 25.2 Å². The van der Waals surface area contributed by atoms with Crippen LogP contribution in [0.5, 0.6) is 0 Å². The zero-order valence-corrected chi connectivity index (χ0v) is 40.5. The Kier molecular flexibility index (Phi) is 47.1. The molecule has 0 rings (SSSR count). The molecular weight excluding hydrogens is 755 g/mol. The lowest BCUT2D eigenvalue weighted by atomic mass is 10.0. The topological polar surface area (TPSA) is 95.9 Å². The van der Waals surface area contributed by atoms with E-state index in [1.165, 1.54) is 148 Å². The summed E-state index contributed by atoms with van der Waals surface area (Å²) in [7, 11) is 0. The molecule has 0 heterocycles. The molecule has 356 valence electrons. The lowest BCUT2D eigenvalue weighted by molar-refractivity contribution is -0.151. The number of aliphatic hydroxyl groups excluding tert-OH is 2.